The molecule has 0 heterocycles. The minimum absolute atomic E-state index is 0.256. The first-order valence-corrected chi connectivity index (χ1v) is 7.37. The number of amides is 1. The minimum Gasteiger partial charge on any atom is -0.334 e. The summed E-state index contributed by atoms with van der Waals surface area (Å²) in [4.78, 5) is 25.9. The molecular formula is C15H15BrN2O2. The van der Waals surface area contributed by atoms with Crippen molar-refractivity contribution >= 4 is 27.6 Å². The molecule has 0 N–H and O–H groups in total. The van der Waals surface area contributed by atoms with E-state index < -0.39 is 11.7 Å². The Kier molecular flexibility index (Phi) is 4.91. The Hall–Kier alpha value is -1.67. The van der Waals surface area contributed by atoms with E-state index in [1.165, 1.54) is 4.90 Å². The Labute approximate surface area is 126 Å². The van der Waals surface area contributed by atoms with Crippen molar-refractivity contribution in [1.29, 1.82) is 5.26 Å². The molecule has 0 saturated heterocycles. The highest BCUT2D eigenvalue weighted by atomic mass is 79.9. The van der Waals surface area contributed by atoms with E-state index in [1.54, 1.807) is 24.3 Å². The summed E-state index contributed by atoms with van der Waals surface area (Å²) in [5, 5.41) is 8.65. The molecule has 104 valence electrons. The molecule has 1 aromatic carbocycles. The van der Waals surface area contributed by atoms with Gasteiger partial charge in [0.2, 0.25) is 5.78 Å². The lowest BCUT2D eigenvalue weighted by Crippen LogP contribution is -2.38. The summed E-state index contributed by atoms with van der Waals surface area (Å²) in [6.07, 6.45) is 2.46. The zero-order valence-electron chi connectivity index (χ0n) is 11.0. The summed E-state index contributed by atoms with van der Waals surface area (Å²) < 4.78 is 0.862. The fourth-order valence-electron chi connectivity index (χ4n) is 1.94. The van der Waals surface area contributed by atoms with Crippen molar-refractivity contribution in [3.63, 3.8) is 0 Å². The Balaban J connectivity index is 2.06. The largest absolute Gasteiger partial charge is 0.334 e. The number of hydrogen-bond donors (Lipinski definition) is 0. The maximum Gasteiger partial charge on any atom is 0.294 e. The lowest BCUT2D eigenvalue weighted by Gasteiger charge is -2.20. The van der Waals surface area contributed by atoms with Gasteiger partial charge >= 0.3 is 0 Å². The van der Waals surface area contributed by atoms with Gasteiger partial charge in [-0.2, -0.15) is 5.26 Å². The highest BCUT2D eigenvalue weighted by molar-refractivity contribution is 9.10. The van der Waals surface area contributed by atoms with Gasteiger partial charge < -0.3 is 4.90 Å². The molecule has 1 aliphatic carbocycles. The normalized spacial score (nSPS) is 13.6. The summed E-state index contributed by atoms with van der Waals surface area (Å²) in [6.45, 7) is 0.914. The molecule has 1 aliphatic rings. The van der Waals surface area contributed by atoms with E-state index >= 15 is 0 Å². The molecule has 1 saturated carbocycles. The van der Waals surface area contributed by atoms with Gasteiger partial charge in [-0.3, -0.25) is 9.59 Å². The molecule has 0 bridgehead atoms. The second-order valence-corrected chi connectivity index (χ2v) is 5.85. The Morgan fingerprint density at radius 3 is 2.50 bits per heavy atom. The standard InChI is InChI=1S/C15H15BrN2O2/c16-13-6-4-12(5-7-13)14(19)15(20)18(9-1-8-17)10-11-2-3-11/h4-7,11H,1-3,9-10H2. The monoisotopic (exact) mass is 334 g/mol. The molecule has 20 heavy (non-hydrogen) atoms. The van der Waals surface area contributed by atoms with Gasteiger partial charge in [-0.05, 0) is 43.0 Å². The minimum atomic E-state index is -0.505. The third kappa shape index (κ3) is 3.91. The van der Waals surface area contributed by atoms with E-state index in [4.69, 9.17) is 5.26 Å². The third-order valence-corrected chi connectivity index (χ3v) is 3.79. The first kappa shape index (κ1) is 14.7. The molecule has 1 amide bonds. The van der Waals surface area contributed by atoms with Crippen LogP contribution in [0.15, 0.2) is 28.7 Å². The lowest BCUT2D eigenvalue weighted by atomic mass is 10.1. The fraction of sp³-hybridized carbons (Fsp3) is 0.400. The molecular weight excluding hydrogens is 320 g/mol. The number of hydrogen-bond acceptors (Lipinski definition) is 3. The van der Waals surface area contributed by atoms with Gasteiger partial charge in [0.15, 0.2) is 0 Å². The number of nitrogens with zero attached hydrogens (tertiary/aromatic N) is 2. The highest BCUT2D eigenvalue weighted by Gasteiger charge is 2.29. The summed E-state index contributed by atoms with van der Waals surface area (Å²) in [5.41, 5.74) is 0.385. The number of ketones is 1. The molecule has 0 aromatic heterocycles. The van der Waals surface area contributed by atoms with Crippen molar-refractivity contribution in [2.24, 2.45) is 5.92 Å². The zero-order chi connectivity index (χ0) is 14.5. The summed E-state index contributed by atoms with van der Waals surface area (Å²) in [6, 6.07) is 8.75. The Morgan fingerprint density at radius 1 is 1.30 bits per heavy atom. The number of carbonyl (C=O) groups excluding carboxylic acids is 2. The number of Topliss-reactive ketones (excluding diaryl/α,β-unsaturated/α-hetero) is 1. The van der Waals surface area contributed by atoms with Crippen molar-refractivity contribution in [2.45, 2.75) is 19.3 Å². The number of rotatable bonds is 6. The van der Waals surface area contributed by atoms with Crippen molar-refractivity contribution < 1.29 is 9.59 Å². The smallest absolute Gasteiger partial charge is 0.294 e. The van der Waals surface area contributed by atoms with E-state index in [-0.39, 0.29) is 6.42 Å². The molecule has 0 aliphatic heterocycles. The first-order chi connectivity index (χ1) is 9.61. The second-order valence-electron chi connectivity index (χ2n) is 4.94. The average Bonchev–Trinajstić information content (AvgIpc) is 3.26. The van der Waals surface area contributed by atoms with E-state index in [9.17, 15) is 9.59 Å². The van der Waals surface area contributed by atoms with Crippen LogP contribution in [0.4, 0.5) is 0 Å². The predicted molar refractivity (Wildman–Crippen MR) is 78.0 cm³/mol. The van der Waals surface area contributed by atoms with Gasteiger partial charge in [-0.25, -0.2) is 0 Å². The molecule has 0 atom stereocenters. The maximum absolute atomic E-state index is 12.3. The average molecular weight is 335 g/mol. The third-order valence-electron chi connectivity index (χ3n) is 3.26. The number of carbonyl (C=O) groups is 2. The van der Waals surface area contributed by atoms with Crippen molar-refractivity contribution in [2.75, 3.05) is 13.1 Å². The first-order valence-electron chi connectivity index (χ1n) is 6.58. The van der Waals surface area contributed by atoms with E-state index in [0.29, 0.717) is 24.6 Å². The van der Waals surface area contributed by atoms with E-state index in [1.807, 2.05) is 6.07 Å². The lowest BCUT2D eigenvalue weighted by molar-refractivity contribution is -0.126. The zero-order valence-corrected chi connectivity index (χ0v) is 12.6. The highest BCUT2D eigenvalue weighted by Crippen LogP contribution is 2.30. The van der Waals surface area contributed by atoms with Crippen LogP contribution in [0, 0.1) is 17.2 Å². The topological polar surface area (TPSA) is 61.2 Å². The molecule has 5 heteroatoms. The summed E-state index contributed by atoms with van der Waals surface area (Å²) >= 11 is 3.29. The SMILES string of the molecule is N#CCCN(CC1CC1)C(=O)C(=O)c1ccc(Br)cc1. The predicted octanol–water partition coefficient (Wildman–Crippen LogP) is 2.78. The summed E-state index contributed by atoms with van der Waals surface area (Å²) in [5.74, 6) is -0.513. The quantitative estimate of drug-likeness (QED) is 0.593. The Morgan fingerprint density at radius 2 is 1.95 bits per heavy atom. The van der Waals surface area contributed by atoms with Crippen molar-refractivity contribution in [3.05, 3.63) is 34.3 Å². The molecule has 0 spiro atoms. The molecule has 0 radical (unpaired) electrons. The van der Waals surface area contributed by atoms with Crippen molar-refractivity contribution in [1.82, 2.24) is 4.90 Å². The van der Waals surface area contributed by atoms with Crippen LogP contribution >= 0.6 is 15.9 Å². The number of halogens is 1. The fourth-order valence-corrected chi connectivity index (χ4v) is 2.21. The van der Waals surface area contributed by atoms with Crippen molar-refractivity contribution in [3.8, 4) is 6.07 Å². The van der Waals surface area contributed by atoms with Gasteiger partial charge in [-0.1, -0.05) is 15.9 Å². The Bertz CT molecular complexity index is 544. The van der Waals surface area contributed by atoms with Gasteiger partial charge in [-0.15, -0.1) is 0 Å². The van der Waals surface area contributed by atoms with Crippen LogP contribution in [0.2, 0.25) is 0 Å². The molecule has 4 nitrogen and oxygen atoms in total. The van der Waals surface area contributed by atoms with Crippen LogP contribution in [0.1, 0.15) is 29.6 Å². The van der Waals surface area contributed by atoms with Crippen LogP contribution in [0.5, 0.6) is 0 Å². The number of benzene rings is 1. The molecule has 1 aromatic rings. The summed E-state index contributed by atoms with van der Waals surface area (Å²) in [7, 11) is 0. The van der Waals surface area contributed by atoms with Crippen LogP contribution in [0.3, 0.4) is 0 Å². The van der Waals surface area contributed by atoms with E-state index in [2.05, 4.69) is 15.9 Å². The maximum atomic E-state index is 12.3. The van der Waals surface area contributed by atoms with Crippen LogP contribution < -0.4 is 0 Å². The van der Waals surface area contributed by atoms with Gasteiger partial charge in [0.1, 0.15) is 0 Å². The number of nitriles is 1. The molecule has 0 unspecified atom stereocenters. The second kappa shape index (κ2) is 6.67. The van der Waals surface area contributed by atoms with Gasteiger partial charge in [0.25, 0.3) is 5.91 Å². The van der Waals surface area contributed by atoms with Crippen LogP contribution in [0.25, 0.3) is 0 Å². The van der Waals surface area contributed by atoms with Crippen LogP contribution in [-0.4, -0.2) is 29.7 Å². The van der Waals surface area contributed by atoms with Gasteiger partial charge in [0.05, 0.1) is 12.5 Å². The van der Waals surface area contributed by atoms with Crippen LogP contribution in [-0.2, 0) is 4.79 Å². The van der Waals surface area contributed by atoms with Gasteiger partial charge in [0, 0.05) is 23.1 Å². The van der Waals surface area contributed by atoms with E-state index in [0.717, 1.165) is 17.3 Å². The molecule has 2 rings (SSSR count). The molecule has 1 fully saturated rings.